The van der Waals surface area contributed by atoms with Crippen LogP contribution in [0.1, 0.15) is 64.7 Å². The molecule has 19 heavy (non-hydrogen) atoms. The van der Waals surface area contributed by atoms with Crippen molar-refractivity contribution in [1.82, 2.24) is 4.90 Å². The van der Waals surface area contributed by atoms with Crippen LogP contribution in [0.25, 0.3) is 0 Å². The summed E-state index contributed by atoms with van der Waals surface area (Å²) < 4.78 is 0. The molecule has 1 aliphatic carbocycles. The minimum atomic E-state index is -0.588. The molecule has 3 nitrogen and oxygen atoms in total. The van der Waals surface area contributed by atoms with Crippen molar-refractivity contribution in [2.45, 2.75) is 64.7 Å². The smallest absolute Gasteiger partial charge is 0.310 e. The Hall–Kier alpha value is -0.570. The third-order valence-corrected chi connectivity index (χ3v) is 5.30. The van der Waals surface area contributed by atoms with Crippen LogP contribution in [0.4, 0.5) is 0 Å². The zero-order chi connectivity index (χ0) is 13.7. The standard InChI is InChI=1S/C16H29NO2/c1-2-16(15(18)19)10-11-17(13-16)12-14-8-6-4-3-5-7-9-14/h14H,2-13H2,1H3,(H,18,19). The summed E-state index contributed by atoms with van der Waals surface area (Å²) in [6, 6.07) is 0. The molecule has 0 amide bonds. The summed E-state index contributed by atoms with van der Waals surface area (Å²) in [4.78, 5) is 13.9. The first kappa shape index (κ1) is 14.8. The molecule has 0 radical (unpaired) electrons. The summed E-state index contributed by atoms with van der Waals surface area (Å²) in [5.74, 6) is 0.219. The maximum absolute atomic E-state index is 11.5. The Labute approximate surface area is 117 Å². The zero-order valence-electron chi connectivity index (χ0n) is 12.4. The Balaban J connectivity index is 1.84. The Kier molecular flexibility index (Phi) is 5.26. The van der Waals surface area contributed by atoms with Crippen LogP contribution in [-0.4, -0.2) is 35.6 Å². The average Bonchev–Trinajstić information content (AvgIpc) is 2.77. The molecule has 0 aromatic heterocycles. The average molecular weight is 267 g/mol. The predicted octanol–water partition coefficient (Wildman–Crippen LogP) is 3.53. The first-order chi connectivity index (χ1) is 9.16. The molecule has 1 atom stereocenters. The molecule has 3 heteroatoms. The summed E-state index contributed by atoms with van der Waals surface area (Å²) in [5.41, 5.74) is -0.457. The van der Waals surface area contributed by atoms with Gasteiger partial charge in [0.15, 0.2) is 0 Å². The first-order valence-electron chi connectivity index (χ1n) is 8.12. The Bertz CT molecular complexity index is 297. The van der Waals surface area contributed by atoms with E-state index in [1.807, 2.05) is 6.92 Å². The molecule has 0 spiro atoms. The van der Waals surface area contributed by atoms with Gasteiger partial charge in [-0.2, -0.15) is 0 Å². The van der Waals surface area contributed by atoms with E-state index in [0.29, 0.717) is 0 Å². The second-order valence-corrected chi connectivity index (χ2v) is 6.64. The molecule has 2 rings (SSSR count). The Morgan fingerprint density at radius 3 is 2.37 bits per heavy atom. The van der Waals surface area contributed by atoms with E-state index in [1.54, 1.807) is 0 Å². The molecule has 110 valence electrons. The van der Waals surface area contributed by atoms with Gasteiger partial charge in [0, 0.05) is 13.1 Å². The Morgan fingerprint density at radius 1 is 1.21 bits per heavy atom. The van der Waals surface area contributed by atoms with E-state index in [2.05, 4.69) is 4.90 Å². The van der Waals surface area contributed by atoms with Crippen molar-refractivity contribution >= 4 is 5.97 Å². The van der Waals surface area contributed by atoms with Gasteiger partial charge in [-0.15, -0.1) is 0 Å². The normalized spacial score (nSPS) is 31.0. The lowest BCUT2D eigenvalue weighted by atomic mass is 9.84. The highest BCUT2D eigenvalue weighted by atomic mass is 16.4. The monoisotopic (exact) mass is 267 g/mol. The number of hydrogen-bond acceptors (Lipinski definition) is 2. The fourth-order valence-electron chi connectivity index (χ4n) is 3.82. The molecular weight excluding hydrogens is 238 g/mol. The number of carboxylic acid groups (broad SMARTS) is 1. The van der Waals surface area contributed by atoms with Crippen molar-refractivity contribution in [3.63, 3.8) is 0 Å². The number of aliphatic carboxylic acids is 1. The molecular formula is C16H29NO2. The predicted molar refractivity (Wildman–Crippen MR) is 77.2 cm³/mol. The first-order valence-corrected chi connectivity index (χ1v) is 8.12. The lowest BCUT2D eigenvalue weighted by molar-refractivity contribution is -0.148. The second-order valence-electron chi connectivity index (χ2n) is 6.64. The molecule has 1 saturated carbocycles. The van der Waals surface area contributed by atoms with E-state index in [0.717, 1.165) is 38.4 Å². The molecule has 1 unspecified atom stereocenters. The quantitative estimate of drug-likeness (QED) is 0.847. The van der Waals surface area contributed by atoms with Gasteiger partial charge in [0.05, 0.1) is 5.41 Å². The van der Waals surface area contributed by atoms with E-state index in [4.69, 9.17) is 0 Å². The van der Waals surface area contributed by atoms with Crippen LogP contribution in [-0.2, 0) is 4.79 Å². The molecule has 2 aliphatic rings. The van der Waals surface area contributed by atoms with Gasteiger partial charge in [-0.3, -0.25) is 4.79 Å². The molecule has 0 bridgehead atoms. The van der Waals surface area contributed by atoms with Crippen LogP contribution >= 0.6 is 0 Å². The van der Waals surface area contributed by atoms with Crippen LogP contribution in [0.2, 0.25) is 0 Å². The van der Waals surface area contributed by atoms with Crippen molar-refractivity contribution in [1.29, 1.82) is 0 Å². The summed E-state index contributed by atoms with van der Waals surface area (Å²) in [6.07, 6.45) is 11.2. The summed E-state index contributed by atoms with van der Waals surface area (Å²) in [6.45, 7) is 4.91. The van der Waals surface area contributed by atoms with Gasteiger partial charge in [0.1, 0.15) is 0 Å². The van der Waals surface area contributed by atoms with Crippen molar-refractivity contribution in [3.05, 3.63) is 0 Å². The fraction of sp³-hybridized carbons (Fsp3) is 0.938. The van der Waals surface area contributed by atoms with Crippen LogP contribution in [0.5, 0.6) is 0 Å². The summed E-state index contributed by atoms with van der Waals surface area (Å²) in [5, 5.41) is 9.44. The third-order valence-electron chi connectivity index (χ3n) is 5.30. The number of likely N-dealkylation sites (tertiary alicyclic amines) is 1. The maximum atomic E-state index is 11.5. The van der Waals surface area contributed by atoms with Crippen molar-refractivity contribution < 1.29 is 9.90 Å². The topological polar surface area (TPSA) is 40.5 Å². The zero-order valence-corrected chi connectivity index (χ0v) is 12.4. The van der Waals surface area contributed by atoms with E-state index >= 15 is 0 Å². The van der Waals surface area contributed by atoms with E-state index in [1.165, 1.54) is 44.9 Å². The van der Waals surface area contributed by atoms with Crippen molar-refractivity contribution in [2.75, 3.05) is 19.6 Å². The number of carboxylic acids is 1. The Morgan fingerprint density at radius 2 is 1.84 bits per heavy atom. The van der Waals surface area contributed by atoms with Crippen LogP contribution < -0.4 is 0 Å². The number of hydrogen-bond donors (Lipinski definition) is 1. The molecule has 1 saturated heterocycles. The summed E-state index contributed by atoms with van der Waals surface area (Å²) in [7, 11) is 0. The van der Waals surface area contributed by atoms with Crippen LogP contribution in [0, 0.1) is 11.3 Å². The van der Waals surface area contributed by atoms with Crippen molar-refractivity contribution in [3.8, 4) is 0 Å². The fourth-order valence-corrected chi connectivity index (χ4v) is 3.82. The highest BCUT2D eigenvalue weighted by Crippen LogP contribution is 2.35. The molecule has 1 aliphatic heterocycles. The third kappa shape index (κ3) is 3.71. The highest BCUT2D eigenvalue weighted by molar-refractivity contribution is 5.75. The van der Waals surface area contributed by atoms with Gasteiger partial charge < -0.3 is 10.0 Å². The SMILES string of the molecule is CCC1(C(=O)O)CCN(CC2CCCCCCC2)C1. The summed E-state index contributed by atoms with van der Waals surface area (Å²) >= 11 is 0. The van der Waals surface area contributed by atoms with Gasteiger partial charge in [-0.25, -0.2) is 0 Å². The van der Waals surface area contributed by atoms with Gasteiger partial charge in [-0.1, -0.05) is 39.0 Å². The van der Waals surface area contributed by atoms with Crippen LogP contribution in [0.15, 0.2) is 0 Å². The number of rotatable bonds is 4. The van der Waals surface area contributed by atoms with E-state index < -0.39 is 11.4 Å². The number of carbonyl (C=O) groups is 1. The molecule has 2 fully saturated rings. The molecule has 0 aromatic carbocycles. The van der Waals surface area contributed by atoms with E-state index in [9.17, 15) is 9.90 Å². The maximum Gasteiger partial charge on any atom is 0.310 e. The lowest BCUT2D eigenvalue weighted by Gasteiger charge is -2.27. The molecule has 0 aromatic rings. The largest absolute Gasteiger partial charge is 0.481 e. The van der Waals surface area contributed by atoms with Gasteiger partial charge in [0.25, 0.3) is 0 Å². The minimum Gasteiger partial charge on any atom is -0.481 e. The van der Waals surface area contributed by atoms with Gasteiger partial charge in [-0.05, 0) is 38.1 Å². The number of nitrogens with zero attached hydrogens (tertiary/aromatic N) is 1. The van der Waals surface area contributed by atoms with Gasteiger partial charge >= 0.3 is 5.97 Å². The second kappa shape index (κ2) is 6.74. The van der Waals surface area contributed by atoms with E-state index in [-0.39, 0.29) is 0 Å². The lowest BCUT2D eigenvalue weighted by Crippen LogP contribution is -2.35. The van der Waals surface area contributed by atoms with Crippen LogP contribution in [0.3, 0.4) is 0 Å². The molecule has 1 N–H and O–H groups in total. The highest BCUT2D eigenvalue weighted by Gasteiger charge is 2.43. The molecule has 1 heterocycles. The minimum absolute atomic E-state index is 0.457. The van der Waals surface area contributed by atoms with Crippen molar-refractivity contribution in [2.24, 2.45) is 11.3 Å². The van der Waals surface area contributed by atoms with Gasteiger partial charge in [0.2, 0.25) is 0 Å².